The lowest BCUT2D eigenvalue weighted by Crippen LogP contribution is -2.16. The van der Waals surface area contributed by atoms with E-state index in [1.807, 2.05) is 6.92 Å². The lowest BCUT2D eigenvalue weighted by Gasteiger charge is -2.08. The van der Waals surface area contributed by atoms with E-state index in [2.05, 4.69) is 0 Å². The molecule has 1 rings (SSSR count). The molecule has 0 heterocycles. The second-order valence-corrected chi connectivity index (χ2v) is 3.15. The van der Waals surface area contributed by atoms with E-state index in [-0.39, 0.29) is 11.7 Å². The summed E-state index contributed by atoms with van der Waals surface area (Å²) in [6, 6.07) is 6.20. The number of hydrogen-bond acceptors (Lipinski definition) is 1. The first-order chi connectivity index (χ1) is 5.61. The molecule has 1 nitrogen and oxygen atoms in total. The van der Waals surface area contributed by atoms with Crippen molar-refractivity contribution < 1.29 is 4.39 Å². The summed E-state index contributed by atoms with van der Waals surface area (Å²) < 4.78 is 12.5. The molecule has 0 saturated heterocycles. The average molecular weight is 183 g/mol. The Morgan fingerprint density at radius 2 is 1.92 bits per heavy atom. The van der Waals surface area contributed by atoms with Gasteiger partial charge in [0.25, 0.3) is 0 Å². The fraction of sp³-hybridized carbons (Fsp3) is 0.222. The first-order valence-electron chi connectivity index (χ1n) is 3.66. The van der Waals surface area contributed by atoms with Crippen LogP contribution >= 0.6 is 12.2 Å². The van der Waals surface area contributed by atoms with Crippen molar-refractivity contribution in [2.24, 2.45) is 5.73 Å². The van der Waals surface area contributed by atoms with Crippen molar-refractivity contribution in [2.75, 3.05) is 0 Å². The van der Waals surface area contributed by atoms with Crippen LogP contribution in [0.2, 0.25) is 0 Å². The molecule has 0 spiro atoms. The quantitative estimate of drug-likeness (QED) is 0.711. The standard InChI is InChI=1S/C9H10FNS/c1-6(9(11)12)7-2-4-8(10)5-3-7/h2-6H,1H3,(H2,11,12). The van der Waals surface area contributed by atoms with E-state index in [4.69, 9.17) is 18.0 Å². The third-order valence-electron chi connectivity index (χ3n) is 1.80. The third-order valence-corrected chi connectivity index (χ3v) is 2.15. The highest BCUT2D eigenvalue weighted by atomic mass is 32.1. The molecule has 1 aromatic rings. The van der Waals surface area contributed by atoms with Gasteiger partial charge in [0.05, 0.1) is 4.99 Å². The normalized spacial score (nSPS) is 12.5. The van der Waals surface area contributed by atoms with Gasteiger partial charge in [0.1, 0.15) is 5.82 Å². The van der Waals surface area contributed by atoms with Crippen molar-refractivity contribution in [3.05, 3.63) is 35.6 Å². The van der Waals surface area contributed by atoms with E-state index in [9.17, 15) is 4.39 Å². The summed E-state index contributed by atoms with van der Waals surface area (Å²) in [5.41, 5.74) is 6.39. The van der Waals surface area contributed by atoms with Crippen molar-refractivity contribution in [1.82, 2.24) is 0 Å². The van der Waals surface area contributed by atoms with E-state index in [0.717, 1.165) is 5.56 Å². The Morgan fingerprint density at radius 3 is 2.33 bits per heavy atom. The zero-order chi connectivity index (χ0) is 9.14. The predicted octanol–water partition coefficient (Wildman–Crippen LogP) is 2.22. The minimum atomic E-state index is -0.242. The molecule has 0 radical (unpaired) electrons. The molecule has 12 heavy (non-hydrogen) atoms. The maximum absolute atomic E-state index is 12.5. The van der Waals surface area contributed by atoms with Crippen LogP contribution in [0.25, 0.3) is 0 Å². The highest BCUT2D eigenvalue weighted by molar-refractivity contribution is 7.80. The van der Waals surface area contributed by atoms with Crippen LogP contribution in [0.3, 0.4) is 0 Å². The first kappa shape index (κ1) is 9.13. The maximum atomic E-state index is 12.5. The van der Waals surface area contributed by atoms with Gasteiger partial charge in [-0.05, 0) is 17.7 Å². The van der Waals surface area contributed by atoms with Gasteiger partial charge in [0.2, 0.25) is 0 Å². The van der Waals surface area contributed by atoms with Crippen LogP contribution in [0.15, 0.2) is 24.3 Å². The molecule has 1 aromatic carbocycles. The molecule has 0 fully saturated rings. The van der Waals surface area contributed by atoms with Gasteiger partial charge in [0, 0.05) is 5.92 Å². The topological polar surface area (TPSA) is 26.0 Å². The SMILES string of the molecule is CC(C(N)=S)c1ccc(F)cc1. The Kier molecular flexibility index (Phi) is 2.76. The van der Waals surface area contributed by atoms with Crippen molar-refractivity contribution >= 4 is 17.2 Å². The second kappa shape index (κ2) is 3.63. The van der Waals surface area contributed by atoms with Gasteiger partial charge < -0.3 is 5.73 Å². The monoisotopic (exact) mass is 183 g/mol. The lowest BCUT2D eigenvalue weighted by molar-refractivity contribution is 0.627. The number of thiocarbonyl (C=S) groups is 1. The molecule has 0 aliphatic carbocycles. The molecule has 0 amide bonds. The van der Waals surface area contributed by atoms with Crippen LogP contribution in [0.1, 0.15) is 18.4 Å². The van der Waals surface area contributed by atoms with Gasteiger partial charge in [-0.15, -0.1) is 0 Å². The smallest absolute Gasteiger partial charge is 0.123 e. The van der Waals surface area contributed by atoms with Crippen molar-refractivity contribution in [2.45, 2.75) is 12.8 Å². The van der Waals surface area contributed by atoms with Gasteiger partial charge in [0.15, 0.2) is 0 Å². The summed E-state index contributed by atoms with van der Waals surface area (Å²) in [4.78, 5) is 0.432. The third kappa shape index (κ3) is 2.01. The summed E-state index contributed by atoms with van der Waals surface area (Å²) >= 11 is 4.82. The first-order valence-corrected chi connectivity index (χ1v) is 4.07. The Bertz CT molecular complexity index is 281. The summed E-state index contributed by atoms with van der Waals surface area (Å²) in [5, 5.41) is 0. The molecule has 1 unspecified atom stereocenters. The van der Waals surface area contributed by atoms with Crippen molar-refractivity contribution in [1.29, 1.82) is 0 Å². The summed E-state index contributed by atoms with van der Waals surface area (Å²) in [5.74, 6) is -0.227. The van der Waals surface area contributed by atoms with Crippen molar-refractivity contribution in [3.8, 4) is 0 Å². The molecule has 0 aromatic heterocycles. The maximum Gasteiger partial charge on any atom is 0.123 e. The number of nitrogens with two attached hydrogens (primary N) is 1. The number of hydrogen-bond donors (Lipinski definition) is 1. The number of halogens is 1. The molecule has 0 aliphatic rings. The van der Waals surface area contributed by atoms with Gasteiger partial charge in [-0.1, -0.05) is 31.3 Å². The Morgan fingerprint density at radius 1 is 1.42 bits per heavy atom. The minimum Gasteiger partial charge on any atom is -0.393 e. The molecular weight excluding hydrogens is 173 g/mol. The van der Waals surface area contributed by atoms with E-state index in [1.54, 1.807) is 12.1 Å². The highest BCUT2D eigenvalue weighted by Crippen LogP contribution is 2.15. The fourth-order valence-electron chi connectivity index (χ4n) is 0.916. The molecule has 0 saturated carbocycles. The van der Waals surface area contributed by atoms with Crippen LogP contribution in [0, 0.1) is 5.82 Å². The molecule has 2 N–H and O–H groups in total. The predicted molar refractivity (Wildman–Crippen MR) is 51.6 cm³/mol. The van der Waals surface area contributed by atoms with Gasteiger partial charge in [-0.3, -0.25) is 0 Å². The molecular formula is C9H10FNS. The Hall–Kier alpha value is -0.960. The number of rotatable bonds is 2. The molecule has 3 heteroatoms. The van der Waals surface area contributed by atoms with Gasteiger partial charge in [-0.2, -0.15) is 0 Å². The van der Waals surface area contributed by atoms with Crippen LogP contribution in [-0.4, -0.2) is 4.99 Å². The minimum absolute atomic E-state index is 0.0144. The van der Waals surface area contributed by atoms with Crippen molar-refractivity contribution in [3.63, 3.8) is 0 Å². The van der Waals surface area contributed by atoms with E-state index in [0.29, 0.717) is 4.99 Å². The highest BCUT2D eigenvalue weighted by Gasteiger charge is 2.07. The fourth-order valence-corrected chi connectivity index (χ4v) is 1.05. The zero-order valence-electron chi connectivity index (χ0n) is 6.75. The second-order valence-electron chi connectivity index (χ2n) is 2.68. The summed E-state index contributed by atoms with van der Waals surface area (Å²) in [6.07, 6.45) is 0. The average Bonchev–Trinajstić information content (AvgIpc) is 2.04. The largest absolute Gasteiger partial charge is 0.393 e. The van der Waals surface area contributed by atoms with Crippen LogP contribution in [0.4, 0.5) is 4.39 Å². The van der Waals surface area contributed by atoms with E-state index in [1.165, 1.54) is 12.1 Å². The Balaban J connectivity index is 2.89. The van der Waals surface area contributed by atoms with Crippen LogP contribution < -0.4 is 5.73 Å². The van der Waals surface area contributed by atoms with Crippen LogP contribution in [0.5, 0.6) is 0 Å². The van der Waals surface area contributed by atoms with Crippen LogP contribution in [-0.2, 0) is 0 Å². The van der Waals surface area contributed by atoms with Gasteiger partial charge in [-0.25, -0.2) is 4.39 Å². The molecule has 0 bridgehead atoms. The van der Waals surface area contributed by atoms with E-state index >= 15 is 0 Å². The number of benzene rings is 1. The molecule has 0 aliphatic heterocycles. The lowest BCUT2D eigenvalue weighted by atomic mass is 10.0. The van der Waals surface area contributed by atoms with E-state index < -0.39 is 0 Å². The summed E-state index contributed by atoms with van der Waals surface area (Å²) in [6.45, 7) is 1.90. The zero-order valence-corrected chi connectivity index (χ0v) is 7.57. The molecule has 64 valence electrons. The molecule has 1 atom stereocenters. The van der Waals surface area contributed by atoms with Gasteiger partial charge >= 0.3 is 0 Å². The summed E-state index contributed by atoms with van der Waals surface area (Å²) in [7, 11) is 0. The Labute approximate surface area is 76.4 Å².